The van der Waals surface area contributed by atoms with E-state index in [-0.39, 0.29) is 0 Å². The molecular formula is C13H7N3. The molecule has 3 rings (SSSR count). The third kappa shape index (κ3) is 1.21. The fourth-order valence-corrected chi connectivity index (χ4v) is 1.84. The minimum Gasteiger partial charge on any atom is -0.244 e. The number of aromatic nitrogens is 2. The molecule has 0 spiro atoms. The topological polar surface area (TPSA) is 49.6 Å². The first-order valence-electron chi connectivity index (χ1n) is 4.91. The van der Waals surface area contributed by atoms with E-state index in [1.807, 2.05) is 30.3 Å². The summed E-state index contributed by atoms with van der Waals surface area (Å²) in [5, 5.41) is 12.0. The number of hydrogen-bond donors (Lipinski definition) is 0. The molecule has 3 aromatic rings. The molecule has 74 valence electrons. The maximum Gasteiger partial charge on any atom is 0.116 e. The zero-order valence-corrected chi connectivity index (χ0v) is 8.38. The van der Waals surface area contributed by atoms with Crippen LogP contribution in [-0.2, 0) is 0 Å². The maximum atomic E-state index is 8.89. The van der Waals surface area contributed by atoms with Crippen molar-refractivity contribution in [2.24, 2.45) is 0 Å². The molecule has 1 aromatic heterocycles. The largest absolute Gasteiger partial charge is 0.244 e. The summed E-state index contributed by atoms with van der Waals surface area (Å²) in [6.45, 7) is 0. The molecule has 0 saturated heterocycles. The van der Waals surface area contributed by atoms with Gasteiger partial charge in [0.25, 0.3) is 0 Å². The van der Waals surface area contributed by atoms with Crippen molar-refractivity contribution in [2.75, 3.05) is 0 Å². The molecule has 0 atom stereocenters. The summed E-state index contributed by atoms with van der Waals surface area (Å²) in [6.07, 6.45) is 3.31. The molecule has 2 aromatic carbocycles. The van der Waals surface area contributed by atoms with Crippen LogP contribution in [0.4, 0.5) is 0 Å². The summed E-state index contributed by atoms with van der Waals surface area (Å²) < 4.78 is 0. The van der Waals surface area contributed by atoms with Crippen LogP contribution in [0.3, 0.4) is 0 Å². The molecule has 0 N–H and O–H groups in total. The Balaban J connectivity index is 2.53. The number of benzene rings is 2. The van der Waals surface area contributed by atoms with Gasteiger partial charge >= 0.3 is 0 Å². The van der Waals surface area contributed by atoms with Crippen molar-refractivity contribution in [2.45, 2.75) is 0 Å². The molecule has 0 saturated carbocycles. The van der Waals surface area contributed by atoms with Crippen LogP contribution < -0.4 is 0 Å². The van der Waals surface area contributed by atoms with Gasteiger partial charge in [-0.05, 0) is 17.5 Å². The Morgan fingerprint density at radius 2 is 1.88 bits per heavy atom. The first kappa shape index (κ1) is 8.81. The second-order valence-electron chi connectivity index (χ2n) is 3.57. The van der Waals surface area contributed by atoms with Gasteiger partial charge in [0.1, 0.15) is 6.33 Å². The van der Waals surface area contributed by atoms with Crippen molar-refractivity contribution in [3.8, 4) is 6.07 Å². The Labute approximate surface area is 92.0 Å². The monoisotopic (exact) mass is 205 g/mol. The highest BCUT2D eigenvalue weighted by atomic mass is 14.8. The number of fused-ring (bicyclic) bond motifs is 3. The maximum absolute atomic E-state index is 8.89. The highest BCUT2D eigenvalue weighted by molar-refractivity contribution is 6.05. The molecule has 0 unspecified atom stereocenters. The second-order valence-corrected chi connectivity index (χ2v) is 3.57. The van der Waals surface area contributed by atoms with Crippen LogP contribution in [0, 0.1) is 11.3 Å². The summed E-state index contributed by atoms with van der Waals surface area (Å²) in [6, 6.07) is 11.8. The molecule has 0 fully saturated rings. The summed E-state index contributed by atoms with van der Waals surface area (Å²) >= 11 is 0. The molecule has 0 bridgehead atoms. The van der Waals surface area contributed by atoms with E-state index in [0.717, 1.165) is 21.7 Å². The lowest BCUT2D eigenvalue weighted by Crippen LogP contribution is -1.84. The van der Waals surface area contributed by atoms with Crippen molar-refractivity contribution < 1.29 is 0 Å². The smallest absolute Gasteiger partial charge is 0.116 e. The van der Waals surface area contributed by atoms with Crippen LogP contribution in [0.5, 0.6) is 0 Å². The van der Waals surface area contributed by atoms with Gasteiger partial charge in [-0.2, -0.15) is 5.26 Å². The van der Waals surface area contributed by atoms with Gasteiger partial charge in [-0.25, -0.2) is 9.97 Å². The second kappa shape index (κ2) is 3.28. The SMILES string of the molecule is N#Cc1ccc2ccc3cncnc3c2c1. The van der Waals surface area contributed by atoms with E-state index >= 15 is 0 Å². The van der Waals surface area contributed by atoms with Crippen molar-refractivity contribution in [1.29, 1.82) is 5.26 Å². The van der Waals surface area contributed by atoms with Gasteiger partial charge in [-0.3, -0.25) is 0 Å². The van der Waals surface area contributed by atoms with Gasteiger partial charge in [-0.1, -0.05) is 18.2 Å². The first-order chi connectivity index (χ1) is 7.88. The Morgan fingerprint density at radius 3 is 2.75 bits per heavy atom. The van der Waals surface area contributed by atoms with Crippen LogP contribution in [-0.4, -0.2) is 9.97 Å². The standard InChI is InChI=1S/C13H7N3/c14-6-9-1-2-10-3-4-11-7-15-8-16-13(11)12(10)5-9/h1-5,7-8H. The van der Waals surface area contributed by atoms with E-state index in [1.165, 1.54) is 6.33 Å². The number of nitrogens with zero attached hydrogens (tertiary/aromatic N) is 3. The van der Waals surface area contributed by atoms with Crippen LogP contribution in [0.15, 0.2) is 42.9 Å². The van der Waals surface area contributed by atoms with Gasteiger partial charge in [0.2, 0.25) is 0 Å². The minimum absolute atomic E-state index is 0.651. The van der Waals surface area contributed by atoms with E-state index < -0.39 is 0 Å². The van der Waals surface area contributed by atoms with E-state index in [4.69, 9.17) is 5.26 Å². The minimum atomic E-state index is 0.651. The van der Waals surface area contributed by atoms with Crippen molar-refractivity contribution >= 4 is 21.7 Å². The summed E-state index contributed by atoms with van der Waals surface area (Å²) in [5.41, 5.74) is 1.54. The van der Waals surface area contributed by atoms with Gasteiger partial charge in [-0.15, -0.1) is 0 Å². The number of rotatable bonds is 0. The molecule has 1 heterocycles. The zero-order chi connectivity index (χ0) is 11.0. The Hall–Kier alpha value is -2.47. The third-order valence-corrected chi connectivity index (χ3v) is 2.62. The Morgan fingerprint density at radius 1 is 1.06 bits per heavy atom. The summed E-state index contributed by atoms with van der Waals surface area (Å²) in [7, 11) is 0. The lowest BCUT2D eigenvalue weighted by Gasteiger charge is -2.02. The van der Waals surface area contributed by atoms with Crippen LogP contribution in [0.1, 0.15) is 5.56 Å². The lowest BCUT2D eigenvalue weighted by molar-refractivity contribution is 1.23. The third-order valence-electron chi connectivity index (χ3n) is 2.62. The molecule has 0 radical (unpaired) electrons. The Kier molecular flexibility index (Phi) is 1.81. The fourth-order valence-electron chi connectivity index (χ4n) is 1.84. The van der Waals surface area contributed by atoms with Gasteiger partial charge < -0.3 is 0 Å². The normalized spacial score (nSPS) is 10.4. The molecule has 0 aliphatic carbocycles. The van der Waals surface area contributed by atoms with Crippen LogP contribution >= 0.6 is 0 Å². The highest BCUT2D eigenvalue weighted by Gasteiger charge is 2.02. The van der Waals surface area contributed by atoms with Crippen molar-refractivity contribution in [3.05, 3.63) is 48.4 Å². The van der Waals surface area contributed by atoms with Gasteiger partial charge in [0.15, 0.2) is 0 Å². The molecule has 0 aliphatic rings. The molecule has 16 heavy (non-hydrogen) atoms. The van der Waals surface area contributed by atoms with Crippen LogP contribution in [0.25, 0.3) is 21.7 Å². The van der Waals surface area contributed by atoms with E-state index in [1.54, 1.807) is 6.20 Å². The lowest BCUT2D eigenvalue weighted by atomic mass is 10.0. The fraction of sp³-hybridized carbons (Fsp3) is 0. The molecule has 3 heteroatoms. The van der Waals surface area contributed by atoms with Crippen molar-refractivity contribution in [1.82, 2.24) is 9.97 Å². The molecular weight excluding hydrogens is 198 g/mol. The molecule has 3 nitrogen and oxygen atoms in total. The predicted octanol–water partition coefficient (Wildman–Crippen LogP) is 2.65. The molecule has 0 amide bonds. The van der Waals surface area contributed by atoms with E-state index in [9.17, 15) is 0 Å². The highest BCUT2D eigenvalue weighted by Crippen LogP contribution is 2.23. The van der Waals surface area contributed by atoms with Crippen molar-refractivity contribution in [3.63, 3.8) is 0 Å². The summed E-state index contributed by atoms with van der Waals surface area (Å²) in [5.74, 6) is 0. The quantitative estimate of drug-likeness (QED) is 0.530. The van der Waals surface area contributed by atoms with E-state index in [0.29, 0.717) is 5.56 Å². The van der Waals surface area contributed by atoms with Gasteiger partial charge in [0.05, 0.1) is 17.1 Å². The average Bonchev–Trinajstić information content (AvgIpc) is 2.38. The summed E-state index contributed by atoms with van der Waals surface area (Å²) in [4.78, 5) is 8.25. The van der Waals surface area contributed by atoms with Crippen LogP contribution in [0.2, 0.25) is 0 Å². The molecule has 0 aliphatic heterocycles. The first-order valence-corrected chi connectivity index (χ1v) is 4.91. The van der Waals surface area contributed by atoms with Gasteiger partial charge in [0, 0.05) is 17.0 Å². The number of hydrogen-bond acceptors (Lipinski definition) is 3. The predicted molar refractivity (Wildman–Crippen MR) is 61.8 cm³/mol. The zero-order valence-electron chi connectivity index (χ0n) is 8.38. The Bertz CT molecular complexity index is 726. The van der Waals surface area contributed by atoms with E-state index in [2.05, 4.69) is 16.0 Å². The average molecular weight is 205 g/mol. The number of nitriles is 1.